The maximum absolute atomic E-state index is 5.78. The van der Waals surface area contributed by atoms with Crippen LogP contribution < -0.4 is 4.74 Å². The van der Waals surface area contributed by atoms with Crippen molar-refractivity contribution in [3.63, 3.8) is 0 Å². The first-order valence-electron chi connectivity index (χ1n) is 3.47. The molecular formula is C7H9ClN2OS. The van der Waals surface area contributed by atoms with Gasteiger partial charge in [0.25, 0.3) is 0 Å². The molecule has 0 saturated heterocycles. The van der Waals surface area contributed by atoms with Crippen LogP contribution >= 0.6 is 23.4 Å². The highest BCUT2D eigenvalue weighted by Gasteiger charge is 2.03. The van der Waals surface area contributed by atoms with Crippen molar-refractivity contribution in [3.8, 4) is 5.75 Å². The van der Waals surface area contributed by atoms with Gasteiger partial charge in [0.15, 0.2) is 16.1 Å². The fourth-order valence-electron chi connectivity index (χ4n) is 0.671. The number of methoxy groups -OCH3 is 1. The third kappa shape index (κ3) is 2.25. The average molecular weight is 205 g/mol. The molecule has 0 aliphatic heterocycles. The summed E-state index contributed by atoms with van der Waals surface area (Å²) in [4.78, 5) is 8.07. The summed E-state index contributed by atoms with van der Waals surface area (Å²) in [6, 6.07) is 0. The predicted octanol–water partition coefficient (Wildman–Crippen LogP) is 2.25. The summed E-state index contributed by atoms with van der Waals surface area (Å²) in [5, 5.41) is 1.05. The summed E-state index contributed by atoms with van der Waals surface area (Å²) < 4.78 is 4.91. The molecule has 0 unspecified atom stereocenters. The van der Waals surface area contributed by atoms with Gasteiger partial charge in [0.05, 0.1) is 13.3 Å². The van der Waals surface area contributed by atoms with Crippen LogP contribution in [0.2, 0.25) is 5.15 Å². The normalized spacial score (nSPS) is 9.92. The van der Waals surface area contributed by atoms with Crippen molar-refractivity contribution in [3.05, 3.63) is 11.3 Å². The van der Waals surface area contributed by atoms with E-state index in [1.54, 1.807) is 18.0 Å². The molecule has 0 aliphatic carbocycles. The molecule has 0 fully saturated rings. The lowest BCUT2D eigenvalue weighted by Crippen LogP contribution is -1.91. The van der Waals surface area contributed by atoms with E-state index >= 15 is 0 Å². The SMILES string of the molecule is CCSc1ncc(OC)c(Cl)n1. The molecule has 0 radical (unpaired) electrons. The van der Waals surface area contributed by atoms with Gasteiger partial charge in [-0.2, -0.15) is 0 Å². The molecule has 66 valence electrons. The Balaban J connectivity index is 2.86. The third-order valence-electron chi connectivity index (χ3n) is 1.18. The average Bonchev–Trinajstić information content (AvgIpc) is 2.05. The molecule has 1 rings (SSSR count). The summed E-state index contributed by atoms with van der Waals surface area (Å²) in [7, 11) is 1.54. The molecule has 0 N–H and O–H groups in total. The largest absolute Gasteiger partial charge is 0.492 e. The van der Waals surface area contributed by atoms with Gasteiger partial charge in [0.1, 0.15) is 0 Å². The lowest BCUT2D eigenvalue weighted by molar-refractivity contribution is 0.409. The van der Waals surface area contributed by atoms with E-state index in [1.807, 2.05) is 6.92 Å². The number of hydrogen-bond donors (Lipinski definition) is 0. The van der Waals surface area contributed by atoms with Crippen LogP contribution in [-0.2, 0) is 0 Å². The molecule has 0 amide bonds. The Bertz CT molecular complexity index is 270. The molecule has 12 heavy (non-hydrogen) atoms. The molecule has 0 atom stereocenters. The Hall–Kier alpha value is -0.480. The van der Waals surface area contributed by atoms with Crippen molar-refractivity contribution in [2.75, 3.05) is 12.9 Å². The van der Waals surface area contributed by atoms with E-state index in [9.17, 15) is 0 Å². The fourth-order valence-corrected chi connectivity index (χ4v) is 1.47. The van der Waals surface area contributed by atoms with Gasteiger partial charge in [-0.25, -0.2) is 9.97 Å². The second-order valence-electron chi connectivity index (χ2n) is 1.94. The number of hydrogen-bond acceptors (Lipinski definition) is 4. The van der Waals surface area contributed by atoms with Crippen LogP contribution in [0.3, 0.4) is 0 Å². The van der Waals surface area contributed by atoms with Gasteiger partial charge in [0.2, 0.25) is 0 Å². The first-order valence-corrected chi connectivity index (χ1v) is 4.83. The van der Waals surface area contributed by atoms with E-state index in [0.717, 1.165) is 5.75 Å². The van der Waals surface area contributed by atoms with E-state index in [0.29, 0.717) is 16.1 Å². The molecule has 0 saturated carbocycles. The second-order valence-corrected chi connectivity index (χ2v) is 3.53. The molecule has 0 spiro atoms. The lowest BCUT2D eigenvalue weighted by atomic mass is 10.6. The number of thioether (sulfide) groups is 1. The number of nitrogens with zero attached hydrogens (tertiary/aromatic N) is 2. The molecular weight excluding hydrogens is 196 g/mol. The molecule has 0 aliphatic rings. The monoisotopic (exact) mass is 204 g/mol. The Labute approximate surface area is 80.5 Å². The van der Waals surface area contributed by atoms with Crippen LogP contribution in [0, 0.1) is 0 Å². The molecule has 1 heterocycles. The number of ether oxygens (including phenoxy) is 1. The van der Waals surface area contributed by atoms with Crippen LogP contribution in [0.15, 0.2) is 11.4 Å². The summed E-state index contributed by atoms with van der Waals surface area (Å²) in [6.07, 6.45) is 1.58. The first kappa shape index (κ1) is 9.61. The Morgan fingerprint density at radius 2 is 2.42 bits per heavy atom. The first-order chi connectivity index (χ1) is 5.77. The van der Waals surface area contributed by atoms with Crippen molar-refractivity contribution >= 4 is 23.4 Å². The Kier molecular flexibility index (Phi) is 3.62. The van der Waals surface area contributed by atoms with E-state index in [1.165, 1.54) is 7.11 Å². The van der Waals surface area contributed by atoms with Gasteiger partial charge in [-0.1, -0.05) is 30.3 Å². The van der Waals surface area contributed by atoms with Gasteiger partial charge in [0, 0.05) is 0 Å². The minimum atomic E-state index is 0.364. The van der Waals surface area contributed by atoms with Crippen LogP contribution in [0.1, 0.15) is 6.92 Å². The van der Waals surface area contributed by atoms with Gasteiger partial charge in [-0.3, -0.25) is 0 Å². The van der Waals surface area contributed by atoms with Crippen molar-refractivity contribution < 1.29 is 4.74 Å². The van der Waals surface area contributed by atoms with Crippen LogP contribution in [0.4, 0.5) is 0 Å². The molecule has 3 nitrogen and oxygen atoms in total. The smallest absolute Gasteiger partial charge is 0.189 e. The standard InChI is InChI=1S/C7H9ClN2OS/c1-3-12-7-9-4-5(11-2)6(8)10-7/h4H,3H2,1-2H3. The minimum absolute atomic E-state index is 0.364. The predicted molar refractivity (Wildman–Crippen MR) is 50.0 cm³/mol. The lowest BCUT2D eigenvalue weighted by Gasteiger charge is -2.01. The number of rotatable bonds is 3. The Morgan fingerprint density at radius 3 is 2.92 bits per heavy atom. The van der Waals surface area contributed by atoms with Crippen LogP contribution in [0.5, 0.6) is 5.75 Å². The molecule has 1 aromatic rings. The highest BCUT2D eigenvalue weighted by Crippen LogP contribution is 2.23. The second kappa shape index (κ2) is 4.52. The highest BCUT2D eigenvalue weighted by atomic mass is 35.5. The van der Waals surface area contributed by atoms with Gasteiger partial charge >= 0.3 is 0 Å². The highest BCUT2D eigenvalue weighted by molar-refractivity contribution is 7.99. The Morgan fingerprint density at radius 1 is 1.67 bits per heavy atom. The molecule has 5 heteroatoms. The summed E-state index contributed by atoms with van der Waals surface area (Å²) in [5.74, 6) is 1.44. The summed E-state index contributed by atoms with van der Waals surface area (Å²) in [5.41, 5.74) is 0. The zero-order valence-electron chi connectivity index (χ0n) is 6.87. The van der Waals surface area contributed by atoms with E-state index in [-0.39, 0.29) is 0 Å². The molecule has 0 aromatic carbocycles. The van der Waals surface area contributed by atoms with Gasteiger partial charge < -0.3 is 4.74 Å². The molecule has 1 aromatic heterocycles. The number of aromatic nitrogens is 2. The quantitative estimate of drug-likeness (QED) is 0.430. The fraction of sp³-hybridized carbons (Fsp3) is 0.429. The van der Waals surface area contributed by atoms with E-state index in [2.05, 4.69) is 9.97 Å². The molecule has 0 bridgehead atoms. The zero-order chi connectivity index (χ0) is 8.97. The maximum Gasteiger partial charge on any atom is 0.189 e. The third-order valence-corrected chi connectivity index (χ3v) is 2.20. The number of halogens is 1. The summed E-state index contributed by atoms with van der Waals surface area (Å²) in [6.45, 7) is 2.03. The topological polar surface area (TPSA) is 35.0 Å². The van der Waals surface area contributed by atoms with Gasteiger partial charge in [-0.15, -0.1) is 0 Å². The van der Waals surface area contributed by atoms with Crippen LogP contribution in [-0.4, -0.2) is 22.8 Å². The maximum atomic E-state index is 5.78. The van der Waals surface area contributed by atoms with Crippen molar-refractivity contribution in [1.29, 1.82) is 0 Å². The summed E-state index contributed by atoms with van der Waals surface area (Å²) >= 11 is 7.32. The van der Waals surface area contributed by atoms with Crippen molar-refractivity contribution in [1.82, 2.24) is 9.97 Å². The van der Waals surface area contributed by atoms with Crippen molar-refractivity contribution in [2.45, 2.75) is 12.1 Å². The van der Waals surface area contributed by atoms with E-state index < -0.39 is 0 Å². The minimum Gasteiger partial charge on any atom is -0.492 e. The van der Waals surface area contributed by atoms with Crippen molar-refractivity contribution in [2.24, 2.45) is 0 Å². The zero-order valence-corrected chi connectivity index (χ0v) is 8.45. The van der Waals surface area contributed by atoms with E-state index in [4.69, 9.17) is 16.3 Å². The van der Waals surface area contributed by atoms with Gasteiger partial charge in [-0.05, 0) is 5.75 Å². The van der Waals surface area contributed by atoms with Crippen LogP contribution in [0.25, 0.3) is 0 Å².